The van der Waals surface area contributed by atoms with Crippen LogP contribution in [0.25, 0.3) is 0 Å². The first-order valence-electron chi connectivity index (χ1n) is 6.78. The van der Waals surface area contributed by atoms with Gasteiger partial charge in [-0.2, -0.15) is 5.26 Å². The SMILES string of the molecule is Cc1ccc(NC(=O)COc2ccc(C#N)cc2Cl)c([N+](=O)[O-])c1. The number of rotatable bonds is 5. The van der Waals surface area contributed by atoms with Crippen molar-refractivity contribution in [1.29, 1.82) is 5.26 Å². The van der Waals surface area contributed by atoms with Gasteiger partial charge in [0.25, 0.3) is 11.6 Å². The van der Waals surface area contributed by atoms with Gasteiger partial charge in [-0.3, -0.25) is 14.9 Å². The highest BCUT2D eigenvalue weighted by atomic mass is 35.5. The van der Waals surface area contributed by atoms with Crippen molar-refractivity contribution in [2.24, 2.45) is 0 Å². The Kier molecular flexibility index (Phi) is 5.35. The number of nitrogens with zero attached hydrogens (tertiary/aromatic N) is 2. The van der Waals surface area contributed by atoms with Gasteiger partial charge in [0.2, 0.25) is 0 Å². The molecule has 1 amide bonds. The van der Waals surface area contributed by atoms with Crippen LogP contribution in [-0.2, 0) is 4.79 Å². The van der Waals surface area contributed by atoms with Gasteiger partial charge in [0.15, 0.2) is 6.61 Å². The van der Waals surface area contributed by atoms with Crippen LogP contribution in [0.1, 0.15) is 11.1 Å². The summed E-state index contributed by atoms with van der Waals surface area (Å²) in [5.74, 6) is -0.327. The molecule has 0 atom stereocenters. The van der Waals surface area contributed by atoms with Crippen LogP contribution < -0.4 is 10.1 Å². The number of carbonyl (C=O) groups excluding carboxylic acids is 1. The topological polar surface area (TPSA) is 105 Å². The number of hydrogen-bond acceptors (Lipinski definition) is 5. The second-order valence-corrected chi connectivity index (χ2v) is 5.28. The zero-order valence-corrected chi connectivity index (χ0v) is 13.3. The van der Waals surface area contributed by atoms with Crippen LogP contribution in [0.15, 0.2) is 36.4 Å². The summed E-state index contributed by atoms with van der Waals surface area (Å²) in [6.07, 6.45) is 0. The number of nitro benzene ring substituents is 1. The summed E-state index contributed by atoms with van der Waals surface area (Å²) < 4.78 is 5.27. The lowest BCUT2D eigenvalue weighted by atomic mass is 10.2. The Morgan fingerprint density at radius 1 is 1.38 bits per heavy atom. The van der Waals surface area contributed by atoms with Gasteiger partial charge in [0.05, 0.1) is 21.6 Å². The van der Waals surface area contributed by atoms with Crippen molar-refractivity contribution in [2.75, 3.05) is 11.9 Å². The Labute approximate surface area is 142 Å². The molecule has 0 aliphatic carbocycles. The Bertz CT molecular complexity index is 846. The summed E-state index contributed by atoms with van der Waals surface area (Å²) in [5, 5.41) is 22.4. The van der Waals surface area contributed by atoms with Gasteiger partial charge >= 0.3 is 0 Å². The third-order valence-corrected chi connectivity index (χ3v) is 3.34. The minimum absolute atomic E-state index is 0.0881. The largest absolute Gasteiger partial charge is 0.482 e. The van der Waals surface area contributed by atoms with Crippen LogP contribution in [0.3, 0.4) is 0 Å². The van der Waals surface area contributed by atoms with Crippen molar-refractivity contribution in [3.05, 3.63) is 62.7 Å². The summed E-state index contributed by atoms with van der Waals surface area (Å²) in [4.78, 5) is 22.4. The third kappa shape index (κ3) is 4.21. The van der Waals surface area contributed by atoms with Crippen molar-refractivity contribution < 1.29 is 14.5 Å². The molecule has 122 valence electrons. The Morgan fingerprint density at radius 2 is 2.12 bits per heavy atom. The van der Waals surface area contributed by atoms with Crippen molar-refractivity contribution >= 4 is 28.9 Å². The summed E-state index contributed by atoms with van der Waals surface area (Å²) in [6.45, 7) is 1.34. The molecule has 0 unspecified atom stereocenters. The third-order valence-electron chi connectivity index (χ3n) is 3.04. The molecule has 7 nitrogen and oxygen atoms in total. The van der Waals surface area contributed by atoms with E-state index in [0.717, 1.165) is 0 Å². The summed E-state index contributed by atoms with van der Waals surface area (Å²) in [7, 11) is 0. The van der Waals surface area contributed by atoms with Crippen LogP contribution in [0.2, 0.25) is 5.02 Å². The molecule has 0 aromatic heterocycles. The van der Waals surface area contributed by atoms with Crippen molar-refractivity contribution in [2.45, 2.75) is 6.92 Å². The molecule has 0 fully saturated rings. The highest BCUT2D eigenvalue weighted by Gasteiger charge is 2.16. The molecule has 2 aromatic rings. The van der Waals surface area contributed by atoms with E-state index in [0.29, 0.717) is 11.1 Å². The van der Waals surface area contributed by atoms with Crippen LogP contribution in [0.4, 0.5) is 11.4 Å². The molecule has 0 saturated carbocycles. The van der Waals surface area contributed by atoms with E-state index in [4.69, 9.17) is 21.6 Å². The van der Waals surface area contributed by atoms with E-state index in [-0.39, 0.29) is 28.8 Å². The molecule has 0 aliphatic heterocycles. The molecule has 8 heteroatoms. The molecule has 1 N–H and O–H groups in total. The number of nitrogens with one attached hydrogen (secondary N) is 1. The first-order chi connectivity index (χ1) is 11.4. The van der Waals surface area contributed by atoms with E-state index < -0.39 is 10.8 Å². The highest BCUT2D eigenvalue weighted by molar-refractivity contribution is 6.32. The van der Waals surface area contributed by atoms with Crippen LogP contribution >= 0.6 is 11.6 Å². The number of ether oxygens (including phenoxy) is 1. The zero-order chi connectivity index (χ0) is 17.7. The minimum atomic E-state index is -0.568. The molecule has 0 aliphatic rings. The van der Waals surface area contributed by atoms with E-state index in [1.807, 2.05) is 6.07 Å². The zero-order valence-electron chi connectivity index (χ0n) is 12.6. The van der Waals surface area contributed by atoms with Crippen LogP contribution in [0.5, 0.6) is 5.75 Å². The summed E-state index contributed by atoms with van der Waals surface area (Å²) >= 11 is 5.94. The van der Waals surface area contributed by atoms with E-state index in [9.17, 15) is 14.9 Å². The Hall–Kier alpha value is -3.11. The van der Waals surface area contributed by atoms with E-state index in [2.05, 4.69) is 5.32 Å². The van der Waals surface area contributed by atoms with Gasteiger partial charge in [0, 0.05) is 6.07 Å². The average Bonchev–Trinajstić information content (AvgIpc) is 2.55. The lowest BCUT2D eigenvalue weighted by Crippen LogP contribution is -2.20. The molecule has 2 aromatic carbocycles. The van der Waals surface area contributed by atoms with Crippen molar-refractivity contribution in [3.8, 4) is 11.8 Å². The quantitative estimate of drug-likeness (QED) is 0.660. The van der Waals surface area contributed by atoms with Gasteiger partial charge in [-0.05, 0) is 36.8 Å². The first-order valence-corrected chi connectivity index (χ1v) is 7.16. The number of anilines is 1. The number of amides is 1. The van der Waals surface area contributed by atoms with Gasteiger partial charge < -0.3 is 10.1 Å². The molecule has 2 rings (SSSR count). The lowest BCUT2D eigenvalue weighted by Gasteiger charge is -2.09. The Balaban J connectivity index is 2.04. The second-order valence-electron chi connectivity index (χ2n) is 4.87. The molecule has 0 radical (unpaired) electrons. The fourth-order valence-corrected chi connectivity index (χ4v) is 2.15. The fourth-order valence-electron chi connectivity index (χ4n) is 1.92. The molecular formula is C16H12ClN3O4. The molecule has 0 heterocycles. The van der Waals surface area contributed by atoms with Gasteiger partial charge in [-0.15, -0.1) is 0 Å². The molecule has 0 bridgehead atoms. The summed E-state index contributed by atoms with van der Waals surface area (Å²) in [5.41, 5.74) is 0.970. The van der Waals surface area contributed by atoms with E-state index >= 15 is 0 Å². The predicted octanol–water partition coefficient (Wildman–Crippen LogP) is 3.45. The highest BCUT2D eigenvalue weighted by Crippen LogP contribution is 2.26. The Morgan fingerprint density at radius 3 is 2.75 bits per heavy atom. The monoisotopic (exact) mass is 345 g/mol. The number of aryl methyl sites for hydroxylation is 1. The standard InChI is InChI=1S/C16H12ClN3O4/c1-10-2-4-13(14(6-10)20(22)23)19-16(21)9-24-15-5-3-11(8-18)7-12(15)17/h2-7H,9H2,1H3,(H,19,21). The van der Waals surface area contributed by atoms with Gasteiger partial charge in [0.1, 0.15) is 11.4 Å². The lowest BCUT2D eigenvalue weighted by molar-refractivity contribution is -0.384. The fraction of sp³-hybridized carbons (Fsp3) is 0.125. The predicted molar refractivity (Wildman–Crippen MR) is 88.1 cm³/mol. The molecular weight excluding hydrogens is 334 g/mol. The maximum atomic E-state index is 11.9. The molecule has 0 spiro atoms. The normalized spacial score (nSPS) is 9.88. The maximum Gasteiger partial charge on any atom is 0.293 e. The first kappa shape index (κ1) is 17.2. The van der Waals surface area contributed by atoms with Crippen molar-refractivity contribution in [1.82, 2.24) is 0 Å². The molecule has 0 saturated heterocycles. The minimum Gasteiger partial charge on any atom is -0.482 e. The number of hydrogen-bond donors (Lipinski definition) is 1. The second kappa shape index (κ2) is 7.44. The van der Waals surface area contributed by atoms with E-state index in [1.165, 1.54) is 30.3 Å². The maximum absolute atomic E-state index is 11.9. The number of nitro groups is 1. The van der Waals surface area contributed by atoms with Crippen LogP contribution in [-0.4, -0.2) is 17.4 Å². The van der Waals surface area contributed by atoms with Crippen molar-refractivity contribution in [3.63, 3.8) is 0 Å². The average molecular weight is 346 g/mol. The number of halogens is 1. The number of carbonyl (C=O) groups is 1. The smallest absolute Gasteiger partial charge is 0.293 e. The summed E-state index contributed by atoms with van der Waals surface area (Å²) in [6, 6.07) is 10.8. The van der Waals surface area contributed by atoms with Gasteiger partial charge in [-0.1, -0.05) is 17.7 Å². The van der Waals surface area contributed by atoms with Gasteiger partial charge in [-0.25, -0.2) is 0 Å². The number of nitriles is 1. The number of benzene rings is 2. The van der Waals surface area contributed by atoms with Crippen LogP contribution in [0, 0.1) is 28.4 Å². The van der Waals surface area contributed by atoms with E-state index in [1.54, 1.807) is 13.0 Å². The molecule has 24 heavy (non-hydrogen) atoms.